The SMILES string of the molecule is CC1(C)C2CC(=O)C(CCC(=O)O)C1C2. The number of carboxylic acid groups (broad SMARTS) is 1. The van der Waals surface area contributed by atoms with Crippen molar-refractivity contribution in [2.45, 2.75) is 39.5 Å². The molecule has 3 rings (SSSR count). The fourth-order valence-corrected chi connectivity index (χ4v) is 3.35. The van der Waals surface area contributed by atoms with E-state index in [9.17, 15) is 9.59 Å². The van der Waals surface area contributed by atoms with Crippen LogP contribution in [-0.2, 0) is 9.59 Å². The van der Waals surface area contributed by atoms with Crippen LogP contribution in [0.2, 0.25) is 0 Å². The van der Waals surface area contributed by atoms with Gasteiger partial charge in [0.05, 0.1) is 0 Å². The second-order valence-corrected chi connectivity index (χ2v) is 5.57. The van der Waals surface area contributed by atoms with Gasteiger partial charge in [0, 0.05) is 18.8 Å². The zero-order valence-corrected chi connectivity index (χ0v) is 9.32. The van der Waals surface area contributed by atoms with Gasteiger partial charge in [-0.2, -0.15) is 0 Å². The van der Waals surface area contributed by atoms with Crippen LogP contribution in [0.25, 0.3) is 0 Å². The van der Waals surface area contributed by atoms with Crippen LogP contribution in [0.4, 0.5) is 0 Å². The Morgan fingerprint density at radius 1 is 1.53 bits per heavy atom. The van der Waals surface area contributed by atoms with Gasteiger partial charge in [-0.15, -0.1) is 0 Å². The maximum absolute atomic E-state index is 11.7. The molecule has 3 unspecified atom stereocenters. The molecule has 3 aliphatic rings. The smallest absolute Gasteiger partial charge is 0.303 e. The largest absolute Gasteiger partial charge is 0.481 e. The van der Waals surface area contributed by atoms with Gasteiger partial charge in [-0.1, -0.05) is 13.8 Å². The van der Waals surface area contributed by atoms with E-state index in [1.165, 1.54) is 0 Å². The predicted molar refractivity (Wildman–Crippen MR) is 55.4 cm³/mol. The van der Waals surface area contributed by atoms with Gasteiger partial charge in [-0.25, -0.2) is 0 Å². The summed E-state index contributed by atoms with van der Waals surface area (Å²) in [6.45, 7) is 4.43. The number of aliphatic carboxylic acids is 1. The highest BCUT2D eigenvalue weighted by molar-refractivity contribution is 5.84. The lowest BCUT2D eigenvalue weighted by Gasteiger charge is -2.59. The van der Waals surface area contributed by atoms with E-state index < -0.39 is 5.97 Å². The lowest BCUT2D eigenvalue weighted by atomic mass is 9.45. The van der Waals surface area contributed by atoms with E-state index in [0.29, 0.717) is 30.5 Å². The summed E-state index contributed by atoms with van der Waals surface area (Å²) in [5, 5.41) is 8.65. The molecule has 0 aliphatic heterocycles. The molecule has 3 saturated carbocycles. The first-order chi connectivity index (χ1) is 6.93. The number of carbonyl (C=O) groups excluding carboxylic acids is 1. The Morgan fingerprint density at radius 2 is 2.20 bits per heavy atom. The average Bonchev–Trinajstić information content (AvgIpc) is 2.15. The molecule has 84 valence electrons. The minimum atomic E-state index is -0.790. The van der Waals surface area contributed by atoms with E-state index in [-0.39, 0.29) is 17.8 Å². The Balaban J connectivity index is 2.03. The third-order valence-corrected chi connectivity index (χ3v) is 4.56. The summed E-state index contributed by atoms with van der Waals surface area (Å²) in [6.07, 6.45) is 2.47. The summed E-state index contributed by atoms with van der Waals surface area (Å²) < 4.78 is 0. The van der Waals surface area contributed by atoms with Gasteiger partial charge in [0.1, 0.15) is 5.78 Å². The van der Waals surface area contributed by atoms with Crippen LogP contribution in [0.3, 0.4) is 0 Å². The third-order valence-electron chi connectivity index (χ3n) is 4.56. The second-order valence-electron chi connectivity index (χ2n) is 5.57. The summed E-state index contributed by atoms with van der Waals surface area (Å²) in [4.78, 5) is 22.3. The quantitative estimate of drug-likeness (QED) is 0.776. The number of ketones is 1. The van der Waals surface area contributed by atoms with Crippen LogP contribution in [0.5, 0.6) is 0 Å². The number of carboxylic acids is 1. The van der Waals surface area contributed by atoms with Gasteiger partial charge >= 0.3 is 5.97 Å². The monoisotopic (exact) mass is 210 g/mol. The summed E-state index contributed by atoms with van der Waals surface area (Å²) in [5.41, 5.74) is 0.261. The summed E-state index contributed by atoms with van der Waals surface area (Å²) in [7, 11) is 0. The minimum absolute atomic E-state index is 0.0149. The molecule has 0 amide bonds. The van der Waals surface area contributed by atoms with E-state index in [4.69, 9.17) is 5.11 Å². The highest BCUT2D eigenvalue weighted by Crippen LogP contribution is 2.60. The maximum Gasteiger partial charge on any atom is 0.303 e. The minimum Gasteiger partial charge on any atom is -0.481 e. The summed E-state index contributed by atoms with van der Waals surface area (Å²) in [6, 6.07) is 0. The van der Waals surface area contributed by atoms with Gasteiger partial charge in [-0.05, 0) is 30.1 Å². The number of carbonyl (C=O) groups is 2. The molecule has 3 heteroatoms. The molecule has 0 saturated heterocycles. The fourth-order valence-electron chi connectivity index (χ4n) is 3.35. The highest BCUT2D eigenvalue weighted by Gasteiger charge is 2.57. The van der Waals surface area contributed by atoms with Crippen molar-refractivity contribution in [3.63, 3.8) is 0 Å². The van der Waals surface area contributed by atoms with Crippen molar-refractivity contribution >= 4 is 11.8 Å². The molecule has 3 fully saturated rings. The number of rotatable bonds is 3. The Labute approximate surface area is 89.9 Å². The first-order valence-corrected chi connectivity index (χ1v) is 5.67. The molecule has 0 aromatic carbocycles. The Kier molecular flexibility index (Phi) is 2.36. The Hall–Kier alpha value is -0.860. The lowest BCUT2D eigenvalue weighted by molar-refractivity contribution is -0.156. The van der Waals surface area contributed by atoms with Crippen molar-refractivity contribution in [2.75, 3.05) is 0 Å². The molecule has 3 nitrogen and oxygen atoms in total. The first kappa shape index (κ1) is 10.7. The normalized spacial score (nSPS) is 37.2. The molecule has 0 heterocycles. The number of hydrogen-bond acceptors (Lipinski definition) is 2. The molecule has 15 heavy (non-hydrogen) atoms. The summed E-state index contributed by atoms with van der Waals surface area (Å²) in [5.74, 6) is 0.513. The molecule has 0 radical (unpaired) electrons. The molecule has 2 bridgehead atoms. The number of fused-ring (bicyclic) bond motifs is 2. The van der Waals surface area contributed by atoms with Crippen LogP contribution in [0.1, 0.15) is 39.5 Å². The number of Topliss-reactive ketones (excluding diaryl/α,β-unsaturated/α-hetero) is 1. The van der Waals surface area contributed by atoms with Crippen LogP contribution < -0.4 is 0 Å². The highest BCUT2D eigenvalue weighted by atomic mass is 16.4. The second kappa shape index (κ2) is 3.32. The average molecular weight is 210 g/mol. The predicted octanol–water partition coefficient (Wildman–Crippen LogP) is 2.10. The van der Waals surface area contributed by atoms with E-state index in [0.717, 1.165) is 6.42 Å². The van der Waals surface area contributed by atoms with Crippen LogP contribution in [-0.4, -0.2) is 16.9 Å². The fraction of sp³-hybridized carbons (Fsp3) is 0.833. The number of hydrogen-bond donors (Lipinski definition) is 1. The van der Waals surface area contributed by atoms with Gasteiger partial charge in [-0.3, -0.25) is 9.59 Å². The topological polar surface area (TPSA) is 54.4 Å². The van der Waals surface area contributed by atoms with Crippen molar-refractivity contribution in [3.8, 4) is 0 Å². The van der Waals surface area contributed by atoms with E-state index in [2.05, 4.69) is 13.8 Å². The first-order valence-electron chi connectivity index (χ1n) is 5.67. The van der Waals surface area contributed by atoms with Gasteiger partial charge in [0.25, 0.3) is 0 Å². The molecule has 3 aliphatic carbocycles. The van der Waals surface area contributed by atoms with Crippen molar-refractivity contribution < 1.29 is 14.7 Å². The van der Waals surface area contributed by atoms with Crippen molar-refractivity contribution in [1.82, 2.24) is 0 Å². The molecule has 0 spiro atoms. The van der Waals surface area contributed by atoms with E-state index in [1.807, 2.05) is 0 Å². The van der Waals surface area contributed by atoms with Crippen molar-refractivity contribution in [1.29, 1.82) is 0 Å². The van der Waals surface area contributed by atoms with E-state index >= 15 is 0 Å². The zero-order chi connectivity index (χ0) is 11.2. The lowest BCUT2D eigenvalue weighted by Crippen LogP contribution is -2.56. The van der Waals surface area contributed by atoms with Gasteiger partial charge in [0.2, 0.25) is 0 Å². The van der Waals surface area contributed by atoms with Crippen molar-refractivity contribution in [3.05, 3.63) is 0 Å². The molecule has 0 aromatic rings. The Bertz CT molecular complexity index is 306. The van der Waals surface area contributed by atoms with Crippen molar-refractivity contribution in [2.24, 2.45) is 23.2 Å². The molecule has 3 atom stereocenters. The third kappa shape index (κ3) is 1.58. The zero-order valence-electron chi connectivity index (χ0n) is 9.32. The van der Waals surface area contributed by atoms with Crippen LogP contribution in [0, 0.1) is 23.2 Å². The van der Waals surface area contributed by atoms with Crippen LogP contribution in [0.15, 0.2) is 0 Å². The molecular weight excluding hydrogens is 192 g/mol. The molecule has 1 N–H and O–H groups in total. The Morgan fingerprint density at radius 3 is 2.73 bits per heavy atom. The van der Waals surface area contributed by atoms with Gasteiger partial charge in [0.15, 0.2) is 0 Å². The maximum atomic E-state index is 11.7. The van der Waals surface area contributed by atoms with Gasteiger partial charge < -0.3 is 5.11 Å². The van der Waals surface area contributed by atoms with E-state index in [1.54, 1.807) is 0 Å². The summed E-state index contributed by atoms with van der Waals surface area (Å²) >= 11 is 0. The molecular formula is C12H18O3. The van der Waals surface area contributed by atoms with Crippen LogP contribution >= 0.6 is 0 Å². The molecule has 0 aromatic heterocycles. The standard InChI is InChI=1S/C12H18O3/c1-12(2)7-5-9(12)8(10(13)6-7)3-4-11(14)15/h7-9H,3-6H2,1-2H3,(H,14,15).